The minimum atomic E-state index is -1.16. The number of carbonyl (C=O) groups excluding carboxylic acids is 2. The number of benzene rings is 2. The van der Waals surface area contributed by atoms with Gasteiger partial charge in [0.25, 0.3) is 5.91 Å². The lowest BCUT2D eigenvalue weighted by Crippen LogP contribution is -2.64. The Morgan fingerprint density at radius 2 is 1.88 bits per heavy atom. The van der Waals surface area contributed by atoms with Gasteiger partial charge < -0.3 is 5.32 Å². The molecule has 2 aromatic carbocycles. The summed E-state index contributed by atoms with van der Waals surface area (Å²) in [6.07, 6.45) is 0. The fraction of sp³-hybridized carbons (Fsp3) is 0.222. The number of amides is 2. The number of aromatic nitrogens is 2. The van der Waals surface area contributed by atoms with E-state index in [2.05, 4.69) is 5.32 Å². The quantitative estimate of drug-likeness (QED) is 0.448. The van der Waals surface area contributed by atoms with Crippen LogP contribution in [0.4, 0.5) is 5.69 Å². The highest BCUT2D eigenvalue weighted by Crippen LogP contribution is 2.37. The minimum Gasteiger partial charge on any atom is -0.350 e. The molecule has 0 aliphatic carbocycles. The second kappa shape index (κ2) is 8.57. The van der Waals surface area contributed by atoms with Gasteiger partial charge in [-0.05, 0) is 61.0 Å². The predicted molar refractivity (Wildman–Crippen MR) is 135 cm³/mol. The molecule has 1 aliphatic rings. The first-order chi connectivity index (χ1) is 16.4. The van der Waals surface area contributed by atoms with Gasteiger partial charge in [-0.15, -0.1) is 11.3 Å². The summed E-state index contributed by atoms with van der Waals surface area (Å²) in [4.78, 5) is 30.3. The molecule has 0 spiro atoms. The van der Waals surface area contributed by atoms with Crippen molar-refractivity contribution in [3.05, 3.63) is 94.5 Å². The lowest BCUT2D eigenvalue weighted by Gasteiger charge is -2.43. The summed E-state index contributed by atoms with van der Waals surface area (Å²) in [6.45, 7) is 6.47. The van der Waals surface area contributed by atoms with E-state index in [4.69, 9.17) is 5.10 Å². The molecule has 5 rings (SSSR count). The summed E-state index contributed by atoms with van der Waals surface area (Å²) < 4.78 is 1.68. The summed E-state index contributed by atoms with van der Waals surface area (Å²) in [6, 6.07) is 21.4. The molecule has 1 atom stereocenters. The molecule has 2 aromatic heterocycles. The molecular formula is C27H26N4O2S. The maximum atomic E-state index is 13.9. The number of hydrogen-bond acceptors (Lipinski definition) is 4. The molecule has 4 aromatic rings. The van der Waals surface area contributed by atoms with Crippen molar-refractivity contribution in [1.82, 2.24) is 15.1 Å². The van der Waals surface area contributed by atoms with Crippen molar-refractivity contribution in [2.75, 3.05) is 4.90 Å². The van der Waals surface area contributed by atoms with Crippen LogP contribution in [-0.4, -0.2) is 27.1 Å². The van der Waals surface area contributed by atoms with Crippen LogP contribution in [-0.2, 0) is 17.9 Å². The van der Waals surface area contributed by atoms with Crippen LogP contribution >= 0.6 is 11.3 Å². The maximum absolute atomic E-state index is 13.9. The van der Waals surface area contributed by atoms with Crippen molar-refractivity contribution in [1.29, 1.82) is 0 Å². The smallest absolute Gasteiger partial charge is 0.277 e. The van der Waals surface area contributed by atoms with Gasteiger partial charge in [-0.25, -0.2) is 0 Å². The number of thiophene rings is 1. The summed E-state index contributed by atoms with van der Waals surface area (Å²) in [7, 11) is 0. The topological polar surface area (TPSA) is 67.2 Å². The van der Waals surface area contributed by atoms with Crippen LogP contribution in [0.2, 0.25) is 0 Å². The Balaban J connectivity index is 1.58. The van der Waals surface area contributed by atoms with E-state index in [0.717, 1.165) is 32.9 Å². The third-order valence-corrected chi connectivity index (χ3v) is 7.42. The molecular weight excluding hydrogens is 444 g/mol. The Morgan fingerprint density at radius 1 is 1.09 bits per heavy atom. The van der Waals surface area contributed by atoms with E-state index in [1.807, 2.05) is 92.9 Å². The van der Waals surface area contributed by atoms with E-state index in [-0.39, 0.29) is 18.4 Å². The molecule has 7 heteroatoms. The van der Waals surface area contributed by atoms with E-state index in [9.17, 15) is 9.59 Å². The molecule has 6 nitrogen and oxygen atoms in total. The van der Waals surface area contributed by atoms with E-state index in [1.165, 1.54) is 0 Å². The molecule has 34 heavy (non-hydrogen) atoms. The molecule has 1 aliphatic heterocycles. The summed E-state index contributed by atoms with van der Waals surface area (Å²) in [5, 5.41) is 9.75. The third-order valence-electron chi connectivity index (χ3n) is 6.53. The lowest BCUT2D eigenvalue weighted by molar-refractivity contribution is -0.126. The second-order valence-electron chi connectivity index (χ2n) is 8.85. The van der Waals surface area contributed by atoms with Gasteiger partial charge in [-0.2, -0.15) is 5.10 Å². The van der Waals surface area contributed by atoms with Crippen LogP contribution in [0.15, 0.2) is 72.1 Å². The lowest BCUT2D eigenvalue weighted by atomic mass is 9.92. The van der Waals surface area contributed by atoms with E-state index < -0.39 is 5.54 Å². The van der Waals surface area contributed by atoms with Crippen LogP contribution < -0.4 is 10.2 Å². The number of hydrogen-bond donors (Lipinski definition) is 1. The number of anilines is 1. The standard InChI is InChI=1S/C27H26N4O2S/c1-18-9-7-12-22(19(18)2)31-25(32)23-15-21(24-13-8-14-34-24)29-30(23)17-27(31,3)26(33)28-16-20-10-5-4-6-11-20/h4-15H,16-17H2,1-3H3,(H,28,33). The van der Waals surface area contributed by atoms with Crippen LogP contribution in [0, 0.1) is 13.8 Å². The van der Waals surface area contributed by atoms with Crippen molar-refractivity contribution in [3.63, 3.8) is 0 Å². The Hall–Kier alpha value is -3.71. The number of nitrogens with one attached hydrogen (secondary N) is 1. The Bertz CT molecular complexity index is 1360. The number of nitrogens with zero attached hydrogens (tertiary/aromatic N) is 3. The van der Waals surface area contributed by atoms with Gasteiger partial charge in [-0.3, -0.25) is 19.2 Å². The summed E-state index contributed by atoms with van der Waals surface area (Å²) >= 11 is 1.57. The Kier molecular flexibility index (Phi) is 5.57. The van der Waals surface area contributed by atoms with Crippen LogP contribution in [0.1, 0.15) is 34.1 Å². The van der Waals surface area contributed by atoms with Gasteiger partial charge in [0.15, 0.2) is 0 Å². The first kappa shape index (κ1) is 22.1. The summed E-state index contributed by atoms with van der Waals surface area (Å²) in [5.74, 6) is -0.447. The fourth-order valence-electron chi connectivity index (χ4n) is 4.45. The van der Waals surface area contributed by atoms with E-state index in [0.29, 0.717) is 12.2 Å². The number of carbonyl (C=O) groups is 2. The minimum absolute atomic E-state index is 0.218. The van der Waals surface area contributed by atoms with Gasteiger partial charge in [0.05, 0.1) is 11.4 Å². The van der Waals surface area contributed by atoms with Gasteiger partial charge in [0.1, 0.15) is 16.9 Å². The monoisotopic (exact) mass is 470 g/mol. The normalized spacial score (nSPS) is 17.5. The molecule has 0 saturated heterocycles. The highest BCUT2D eigenvalue weighted by Gasteiger charge is 2.49. The molecule has 0 bridgehead atoms. The highest BCUT2D eigenvalue weighted by molar-refractivity contribution is 7.13. The zero-order chi connectivity index (χ0) is 23.9. The first-order valence-electron chi connectivity index (χ1n) is 11.2. The van der Waals surface area contributed by atoms with Crippen LogP contribution in [0.5, 0.6) is 0 Å². The molecule has 1 unspecified atom stereocenters. The average Bonchev–Trinajstić information content (AvgIpc) is 3.51. The van der Waals surface area contributed by atoms with Gasteiger partial charge >= 0.3 is 0 Å². The maximum Gasteiger partial charge on any atom is 0.277 e. The predicted octanol–water partition coefficient (Wildman–Crippen LogP) is 4.96. The molecule has 0 radical (unpaired) electrons. The van der Waals surface area contributed by atoms with Gasteiger partial charge in [0.2, 0.25) is 5.91 Å². The van der Waals surface area contributed by atoms with Gasteiger partial charge in [-0.1, -0.05) is 48.5 Å². The Labute approximate surface area is 202 Å². The van der Waals surface area contributed by atoms with Crippen LogP contribution in [0.3, 0.4) is 0 Å². The SMILES string of the molecule is Cc1cccc(N2C(=O)c3cc(-c4cccs4)nn3CC2(C)C(=O)NCc2ccccc2)c1C. The van der Waals surface area contributed by atoms with Crippen molar-refractivity contribution < 1.29 is 9.59 Å². The van der Waals surface area contributed by atoms with E-state index >= 15 is 0 Å². The molecule has 1 N–H and O–H groups in total. The molecule has 2 amide bonds. The number of aryl methyl sites for hydroxylation is 1. The fourth-order valence-corrected chi connectivity index (χ4v) is 5.13. The second-order valence-corrected chi connectivity index (χ2v) is 9.80. The molecule has 0 fully saturated rings. The largest absolute Gasteiger partial charge is 0.350 e. The molecule has 3 heterocycles. The number of fused-ring (bicyclic) bond motifs is 1. The molecule has 0 saturated carbocycles. The zero-order valence-corrected chi connectivity index (χ0v) is 20.2. The van der Waals surface area contributed by atoms with Gasteiger partial charge in [0, 0.05) is 12.2 Å². The highest BCUT2D eigenvalue weighted by atomic mass is 32.1. The zero-order valence-electron chi connectivity index (χ0n) is 19.4. The Morgan fingerprint density at radius 3 is 2.62 bits per heavy atom. The molecule has 172 valence electrons. The summed E-state index contributed by atoms with van der Waals surface area (Å²) in [5.41, 5.74) is 3.86. The number of rotatable bonds is 5. The van der Waals surface area contributed by atoms with Crippen molar-refractivity contribution in [2.45, 2.75) is 39.4 Å². The van der Waals surface area contributed by atoms with Crippen molar-refractivity contribution >= 4 is 28.8 Å². The van der Waals surface area contributed by atoms with Crippen LogP contribution in [0.25, 0.3) is 10.6 Å². The van der Waals surface area contributed by atoms with E-state index in [1.54, 1.807) is 20.9 Å². The van der Waals surface area contributed by atoms with Crippen molar-refractivity contribution in [3.8, 4) is 10.6 Å². The average molecular weight is 471 g/mol. The van der Waals surface area contributed by atoms with Crippen molar-refractivity contribution in [2.24, 2.45) is 0 Å². The third kappa shape index (κ3) is 3.72. The first-order valence-corrected chi connectivity index (χ1v) is 12.1.